The number of ether oxygens (including phenoxy) is 1. The summed E-state index contributed by atoms with van der Waals surface area (Å²) in [5, 5.41) is 2.91. The molecule has 208 valence electrons. The van der Waals surface area contributed by atoms with Crippen LogP contribution in [0.25, 0.3) is 0 Å². The summed E-state index contributed by atoms with van der Waals surface area (Å²) in [5.41, 5.74) is 4.57. The Hall–Kier alpha value is -4.30. The molecule has 1 N–H and O–H groups in total. The lowest BCUT2D eigenvalue weighted by atomic mass is 9.90. The van der Waals surface area contributed by atoms with E-state index in [2.05, 4.69) is 5.32 Å². The third kappa shape index (κ3) is 6.46. The largest absolute Gasteiger partial charge is 0.462 e. The van der Waals surface area contributed by atoms with Crippen LogP contribution in [0.4, 0.5) is 17.1 Å². The van der Waals surface area contributed by atoms with Crippen molar-refractivity contribution in [3.63, 3.8) is 0 Å². The lowest BCUT2D eigenvalue weighted by molar-refractivity contribution is -0.119. The second-order valence-electron chi connectivity index (χ2n) is 10.2. The van der Waals surface area contributed by atoms with Crippen molar-refractivity contribution < 1.29 is 19.1 Å². The highest BCUT2D eigenvalue weighted by atomic mass is 16.5. The van der Waals surface area contributed by atoms with Gasteiger partial charge in [-0.1, -0.05) is 36.4 Å². The summed E-state index contributed by atoms with van der Waals surface area (Å²) >= 11 is 0. The second kappa shape index (κ2) is 12.7. The molecule has 40 heavy (non-hydrogen) atoms. The molecule has 0 aromatic heterocycles. The molecule has 3 aromatic rings. The van der Waals surface area contributed by atoms with Gasteiger partial charge in [0, 0.05) is 30.4 Å². The van der Waals surface area contributed by atoms with Crippen LogP contribution >= 0.6 is 0 Å². The Morgan fingerprint density at radius 2 is 1.68 bits per heavy atom. The van der Waals surface area contributed by atoms with Crippen molar-refractivity contribution in [2.45, 2.75) is 39.2 Å². The first-order chi connectivity index (χ1) is 19.2. The average molecular weight is 541 g/mol. The topological polar surface area (TPSA) is 91.3 Å². The second-order valence-corrected chi connectivity index (χ2v) is 10.2. The molecule has 1 atom stereocenters. The fraction of sp³-hybridized carbons (Fsp3) is 0.312. The summed E-state index contributed by atoms with van der Waals surface area (Å²) in [6.45, 7) is 6.69. The Morgan fingerprint density at radius 1 is 0.975 bits per heavy atom. The maximum Gasteiger partial charge on any atom is 0.338 e. The lowest BCUT2D eigenvalue weighted by Gasteiger charge is -2.27. The summed E-state index contributed by atoms with van der Waals surface area (Å²) in [7, 11) is 3.90. The lowest BCUT2D eigenvalue weighted by Crippen LogP contribution is -2.38. The number of anilines is 2. The van der Waals surface area contributed by atoms with Crippen molar-refractivity contribution in [1.82, 2.24) is 4.90 Å². The van der Waals surface area contributed by atoms with E-state index >= 15 is 0 Å². The molecule has 1 aliphatic heterocycles. The number of esters is 1. The van der Waals surface area contributed by atoms with Gasteiger partial charge < -0.3 is 19.9 Å². The molecular weight excluding hydrogens is 504 g/mol. The van der Waals surface area contributed by atoms with Gasteiger partial charge in [-0.25, -0.2) is 4.79 Å². The molecule has 0 radical (unpaired) electrons. The third-order valence-corrected chi connectivity index (χ3v) is 6.67. The van der Waals surface area contributed by atoms with Crippen molar-refractivity contribution in [1.29, 1.82) is 0 Å². The molecule has 0 bridgehead atoms. The number of nitrogens with zero attached hydrogens (tertiary/aromatic N) is 3. The molecule has 2 amide bonds. The Bertz CT molecular complexity index is 1400. The zero-order chi connectivity index (χ0) is 28.8. The maximum atomic E-state index is 13.3. The van der Waals surface area contributed by atoms with E-state index in [0.29, 0.717) is 35.6 Å². The van der Waals surface area contributed by atoms with Crippen molar-refractivity contribution in [2.24, 2.45) is 4.99 Å². The highest BCUT2D eigenvalue weighted by Gasteiger charge is 2.36. The number of hydrogen-bond donors (Lipinski definition) is 1. The van der Waals surface area contributed by atoms with Crippen LogP contribution in [0.3, 0.4) is 0 Å². The maximum absolute atomic E-state index is 13.3. The smallest absolute Gasteiger partial charge is 0.338 e. The molecule has 0 spiro atoms. The van der Waals surface area contributed by atoms with Gasteiger partial charge in [-0.15, -0.1) is 0 Å². The van der Waals surface area contributed by atoms with Crippen LogP contribution in [0.5, 0.6) is 0 Å². The van der Waals surface area contributed by atoms with Crippen molar-refractivity contribution in [3.8, 4) is 0 Å². The van der Waals surface area contributed by atoms with Crippen LogP contribution in [0.15, 0.2) is 77.8 Å². The zero-order valence-corrected chi connectivity index (χ0v) is 23.7. The van der Waals surface area contributed by atoms with Gasteiger partial charge in [-0.05, 0) is 82.4 Å². The van der Waals surface area contributed by atoms with E-state index < -0.39 is 11.9 Å². The van der Waals surface area contributed by atoms with Gasteiger partial charge in [-0.3, -0.25) is 14.6 Å². The normalized spacial score (nSPS) is 14.7. The summed E-state index contributed by atoms with van der Waals surface area (Å²) in [6, 6.07) is 22.2. The van der Waals surface area contributed by atoms with Crippen molar-refractivity contribution >= 4 is 40.6 Å². The van der Waals surface area contributed by atoms with E-state index in [-0.39, 0.29) is 24.5 Å². The zero-order valence-electron chi connectivity index (χ0n) is 23.7. The Kier molecular flexibility index (Phi) is 9.11. The minimum Gasteiger partial charge on any atom is -0.462 e. The van der Waals surface area contributed by atoms with Gasteiger partial charge in [0.1, 0.15) is 5.92 Å². The first-order valence-corrected chi connectivity index (χ1v) is 13.5. The predicted octanol–water partition coefficient (Wildman–Crippen LogP) is 5.41. The predicted molar refractivity (Wildman–Crippen MR) is 159 cm³/mol. The number of rotatable bonds is 10. The molecule has 0 aliphatic carbocycles. The van der Waals surface area contributed by atoms with Gasteiger partial charge in [0.05, 0.1) is 23.6 Å². The van der Waals surface area contributed by atoms with E-state index in [9.17, 15) is 14.4 Å². The first-order valence-electron chi connectivity index (χ1n) is 13.5. The summed E-state index contributed by atoms with van der Waals surface area (Å²) in [4.78, 5) is 47.2. The Labute approximate surface area is 235 Å². The number of nitrogens with one attached hydrogen (secondary N) is 1. The molecular formula is C32H36N4O4. The van der Waals surface area contributed by atoms with Crippen LogP contribution in [-0.4, -0.2) is 61.7 Å². The first kappa shape index (κ1) is 28.7. The SMILES string of the molecule is CCOC(=O)c1ccc2c(c1)NC(=O)C2C(=Nc1ccc(N(C(=O)CCN(C)C)C(C)C)cc1)c1ccccc1. The van der Waals surface area contributed by atoms with Crippen LogP contribution in [0, 0.1) is 0 Å². The highest BCUT2D eigenvalue weighted by Crippen LogP contribution is 2.37. The number of benzene rings is 3. The van der Waals surface area contributed by atoms with E-state index in [1.807, 2.05) is 87.4 Å². The minimum atomic E-state index is -0.659. The van der Waals surface area contributed by atoms with E-state index in [0.717, 1.165) is 16.8 Å². The summed E-state index contributed by atoms with van der Waals surface area (Å²) in [6.07, 6.45) is 0.428. The quantitative estimate of drug-likeness (QED) is 0.274. The van der Waals surface area contributed by atoms with Gasteiger partial charge >= 0.3 is 5.97 Å². The Balaban J connectivity index is 1.69. The molecule has 4 rings (SSSR count). The molecule has 1 heterocycles. The molecule has 0 saturated carbocycles. The molecule has 8 nitrogen and oxygen atoms in total. The number of amides is 2. The fourth-order valence-corrected chi connectivity index (χ4v) is 4.78. The molecule has 1 aliphatic rings. The minimum absolute atomic E-state index is 0.00192. The van der Waals surface area contributed by atoms with Gasteiger partial charge in [-0.2, -0.15) is 0 Å². The monoisotopic (exact) mass is 540 g/mol. The van der Waals surface area contributed by atoms with Gasteiger partial charge in [0.15, 0.2) is 0 Å². The van der Waals surface area contributed by atoms with Crippen LogP contribution in [0.1, 0.15) is 54.6 Å². The molecule has 8 heteroatoms. The molecule has 0 fully saturated rings. The molecule has 0 saturated heterocycles. The van der Waals surface area contributed by atoms with Crippen molar-refractivity contribution in [2.75, 3.05) is 37.5 Å². The molecule has 1 unspecified atom stereocenters. The van der Waals surface area contributed by atoms with Crippen LogP contribution < -0.4 is 10.2 Å². The van der Waals surface area contributed by atoms with Crippen molar-refractivity contribution in [3.05, 3.63) is 89.5 Å². The van der Waals surface area contributed by atoms with Gasteiger partial charge in [0.2, 0.25) is 11.8 Å². The van der Waals surface area contributed by atoms with Crippen LogP contribution in [0.2, 0.25) is 0 Å². The number of carbonyl (C=O) groups excluding carboxylic acids is 3. The number of fused-ring (bicyclic) bond motifs is 1. The highest BCUT2D eigenvalue weighted by molar-refractivity contribution is 6.24. The fourth-order valence-electron chi connectivity index (χ4n) is 4.78. The summed E-state index contributed by atoms with van der Waals surface area (Å²) < 4.78 is 5.11. The van der Waals surface area contributed by atoms with E-state index in [1.165, 1.54) is 0 Å². The number of carbonyl (C=O) groups is 3. The number of hydrogen-bond acceptors (Lipinski definition) is 6. The Morgan fingerprint density at radius 3 is 2.30 bits per heavy atom. The summed E-state index contributed by atoms with van der Waals surface area (Å²) in [5.74, 6) is -1.25. The van der Waals surface area contributed by atoms with Crippen LogP contribution in [-0.2, 0) is 14.3 Å². The average Bonchev–Trinajstić information content (AvgIpc) is 3.26. The van der Waals surface area contributed by atoms with E-state index in [4.69, 9.17) is 9.73 Å². The van der Waals surface area contributed by atoms with Gasteiger partial charge in [0.25, 0.3) is 0 Å². The third-order valence-electron chi connectivity index (χ3n) is 6.67. The number of aliphatic imine (C=N–C) groups is 1. The van der Waals surface area contributed by atoms with E-state index in [1.54, 1.807) is 30.0 Å². The standard InChI is InChI=1S/C32H36N4O4/c1-6-40-32(39)23-12-17-26-27(20-23)34-31(38)29(26)30(22-10-8-7-9-11-22)33-24-13-15-25(16-14-24)36(21(2)3)28(37)18-19-35(4)5/h7-17,20-21,29H,6,18-19H2,1-5H3,(H,34,38). The molecule has 3 aromatic carbocycles.